The van der Waals surface area contributed by atoms with Gasteiger partial charge in [-0.1, -0.05) is 0 Å². The first-order valence-electron chi connectivity index (χ1n) is 7.27. The summed E-state index contributed by atoms with van der Waals surface area (Å²) < 4.78 is 6.94. The Hall–Kier alpha value is -1.63. The smallest absolute Gasteiger partial charge is 0.132 e. The topological polar surface area (TPSA) is 69.2 Å². The minimum absolute atomic E-state index is 0. The molecule has 7 heteroatoms. The number of methoxy groups -OCH3 is 1. The van der Waals surface area contributed by atoms with Crippen molar-refractivity contribution >= 4 is 18.2 Å². The molecule has 22 heavy (non-hydrogen) atoms. The first-order valence-corrected chi connectivity index (χ1v) is 7.27. The second-order valence-electron chi connectivity index (χ2n) is 5.30. The number of halogens is 1. The molecular weight excluding hydrogens is 302 g/mol. The van der Waals surface area contributed by atoms with E-state index in [1.165, 1.54) is 0 Å². The molecule has 2 aromatic heterocycles. The van der Waals surface area contributed by atoms with E-state index in [4.69, 9.17) is 10.5 Å². The number of hydrogen-bond acceptors (Lipinski definition) is 5. The first-order chi connectivity index (χ1) is 10.3. The van der Waals surface area contributed by atoms with Gasteiger partial charge in [0.05, 0.1) is 11.4 Å². The van der Waals surface area contributed by atoms with Crippen molar-refractivity contribution < 1.29 is 4.74 Å². The summed E-state index contributed by atoms with van der Waals surface area (Å²) in [5.41, 5.74) is 9.54. The van der Waals surface area contributed by atoms with Crippen molar-refractivity contribution in [1.29, 1.82) is 0 Å². The van der Waals surface area contributed by atoms with Crippen LogP contribution in [0.3, 0.4) is 0 Å². The summed E-state index contributed by atoms with van der Waals surface area (Å²) in [6.45, 7) is 3.74. The number of pyridine rings is 1. The van der Waals surface area contributed by atoms with Crippen LogP contribution in [-0.4, -0.2) is 46.5 Å². The first kappa shape index (κ1) is 16.7. The Balaban J connectivity index is 0.00000176. The van der Waals surface area contributed by atoms with E-state index in [1.54, 1.807) is 19.5 Å². The second-order valence-corrected chi connectivity index (χ2v) is 5.30. The highest BCUT2D eigenvalue weighted by molar-refractivity contribution is 5.85. The van der Waals surface area contributed by atoms with Crippen LogP contribution in [-0.2, 0) is 17.7 Å². The zero-order valence-electron chi connectivity index (χ0n) is 12.7. The molecule has 0 spiro atoms. The van der Waals surface area contributed by atoms with Crippen molar-refractivity contribution in [3.8, 4) is 5.69 Å². The number of nitrogens with zero attached hydrogens (tertiary/aromatic N) is 4. The molecule has 0 atom stereocenters. The fraction of sp³-hybridized carbons (Fsp3) is 0.467. The summed E-state index contributed by atoms with van der Waals surface area (Å²) in [6.07, 6.45) is 5.51. The standard InChI is InChI=1S/C15H21N5O.ClH/c1-21-10-2-8-19-9-5-14-13(11-19)15(16)20(18-14)12-3-6-17-7-4-12;/h3-4,6-7H,2,5,8-11,16H2,1H3;1H. The van der Waals surface area contributed by atoms with Crippen LogP contribution in [0, 0.1) is 0 Å². The molecule has 0 amide bonds. The van der Waals surface area contributed by atoms with Crippen LogP contribution in [0.15, 0.2) is 24.5 Å². The van der Waals surface area contributed by atoms with E-state index in [9.17, 15) is 0 Å². The van der Waals surface area contributed by atoms with Crippen LogP contribution in [0.5, 0.6) is 0 Å². The van der Waals surface area contributed by atoms with Gasteiger partial charge in [0.25, 0.3) is 0 Å². The van der Waals surface area contributed by atoms with Gasteiger partial charge in [0, 0.05) is 57.7 Å². The van der Waals surface area contributed by atoms with E-state index < -0.39 is 0 Å². The summed E-state index contributed by atoms with van der Waals surface area (Å²) in [5.74, 6) is 0.743. The number of anilines is 1. The monoisotopic (exact) mass is 323 g/mol. The van der Waals surface area contributed by atoms with Gasteiger partial charge in [-0.3, -0.25) is 9.88 Å². The number of nitrogens with two attached hydrogens (primary N) is 1. The maximum Gasteiger partial charge on any atom is 0.132 e. The van der Waals surface area contributed by atoms with Crippen molar-refractivity contribution in [2.24, 2.45) is 0 Å². The Kier molecular flexibility index (Phi) is 5.76. The Labute approximate surface area is 136 Å². The van der Waals surface area contributed by atoms with E-state index in [-0.39, 0.29) is 12.4 Å². The Morgan fingerprint density at radius 2 is 2.09 bits per heavy atom. The third-order valence-corrected chi connectivity index (χ3v) is 3.88. The van der Waals surface area contributed by atoms with E-state index in [2.05, 4.69) is 15.0 Å². The molecule has 3 rings (SSSR count). The van der Waals surface area contributed by atoms with E-state index in [0.29, 0.717) is 0 Å². The molecule has 0 bridgehead atoms. The predicted molar refractivity (Wildman–Crippen MR) is 88.5 cm³/mol. The van der Waals surface area contributed by atoms with Crippen LogP contribution in [0.4, 0.5) is 5.82 Å². The van der Waals surface area contributed by atoms with E-state index in [1.807, 2.05) is 16.8 Å². The summed E-state index contributed by atoms with van der Waals surface area (Å²) in [7, 11) is 1.74. The predicted octanol–water partition coefficient (Wildman–Crippen LogP) is 1.67. The molecule has 1 aliphatic heterocycles. The Morgan fingerprint density at radius 3 is 2.82 bits per heavy atom. The molecule has 6 nitrogen and oxygen atoms in total. The minimum Gasteiger partial charge on any atom is -0.385 e. The van der Waals surface area contributed by atoms with Crippen molar-refractivity contribution in [1.82, 2.24) is 19.7 Å². The minimum atomic E-state index is 0. The normalized spacial score (nSPS) is 14.4. The molecular formula is C15H22ClN5O. The van der Waals surface area contributed by atoms with Crippen LogP contribution >= 0.6 is 12.4 Å². The van der Waals surface area contributed by atoms with Crippen LogP contribution in [0.1, 0.15) is 17.7 Å². The lowest BCUT2D eigenvalue weighted by molar-refractivity contribution is 0.167. The molecule has 2 aromatic rings. The molecule has 2 N–H and O–H groups in total. The quantitative estimate of drug-likeness (QED) is 0.848. The van der Waals surface area contributed by atoms with Crippen molar-refractivity contribution in [3.63, 3.8) is 0 Å². The van der Waals surface area contributed by atoms with Gasteiger partial charge in [-0.05, 0) is 18.6 Å². The third kappa shape index (κ3) is 3.40. The number of aromatic nitrogens is 3. The molecule has 0 radical (unpaired) electrons. The van der Waals surface area contributed by atoms with E-state index in [0.717, 1.165) is 61.8 Å². The lowest BCUT2D eigenvalue weighted by atomic mass is 10.1. The maximum absolute atomic E-state index is 6.30. The molecule has 0 fully saturated rings. The summed E-state index contributed by atoms with van der Waals surface area (Å²) in [4.78, 5) is 6.45. The highest BCUT2D eigenvalue weighted by Gasteiger charge is 2.23. The second kappa shape index (κ2) is 7.58. The van der Waals surface area contributed by atoms with Gasteiger partial charge < -0.3 is 10.5 Å². The molecule has 0 aliphatic carbocycles. The largest absolute Gasteiger partial charge is 0.385 e. The van der Waals surface area contributed by atoms with Crippen molar-refractivity contribution in [3.05, 3.63) is 35.8 Å². The van der Waals surface area contributed by atoms with Crippen molar-refractivity contribution in [2.45, 2.75) is 19.4 Å². The zero-order chi connectivity index (χ0) is 14.7. The van der Waals surface area contributed by atoms with E-state index >= 15 is 0 Å². The fourth-order valence-corrected chi connectivity index (χ4v) is 2.76. The molecule has 0 aromatic carbocycles. The molecule has 120 valence electrons. The van der Waals surface area contributed by atoms with Crippen LogP contribution in [0.2, 0.25) is 0 Å². The van der Waals surface area contributed by atoms with Crippen LogP contribution in [0.25, 0.3) is 5.69 Å². The molecule has 1 aliphatic rings. The van der Waals surface area contributed by atoms with Gasteiger partial charge in [-0.25, -0.2) is 4.68 Å². The van der Waals surface area contributed by atoms with Gasteiger partial charge in [0.1, 0.15) is 5.82 Å². The average Bonchev–Trinajstić information content (AvgIpc) is 2.85. The lowest BCUT2D eigenvalue weighted by Gasteiger charge is -2.26. The van der Waals surface area contributed by atoms with Gasteiger partial charge in [-0.2, -0.15) is 5.10 Å². The fourth-order valence-electron chi connectivity index (χ4n) is 2.76. The average molecular weight is 324 g/mol. The van der Waals surface area contributed by atoms with Crippen molar-refractivity contribution in [2.75, 3.05) is 32.5 Å². The number of fused-ring (bicyclic) bond motifs is 1. The molecule has 3 heterocycles. The third-order valence-electron chi connectivity index (χ3n) is 3.88. The highest BCUT2D eigenvalue weighted by Crippen LogP contribution is 2.26. The summed E-state index contributed by atoms with van der Waals surface area (Å²) in [5, 5.41) is 4.66. The summed E-state index contributed by atoms with van der Waals surface area (Å²) in [6, 6.07) is 3.84. The van der Waals surface area contributed by atoms with Gasteiger partial charge in [0.2, 0.25) is 0 Å². The lowest BCUT2D eigenvalue weighted by Crippen LogP contribution is -2.31. The highest BCUT2D eigenvalue weighted by atomic mass is 35.5. The number of ether oxygens (including phenoxy) is 1. The van der Waals surface area contributed by atoms with Gasteiger partial charge in [0.15, 0.2) is 0 Å². The molecule has 0 saturated carbocycles. The summed E-state index contributed by atoms with van der Waals surface area (Å²) >= 11 is 0. The number of nitrogen functional groups attached to an aromatic ring is 1. The SMILES string of the molecule is COCCCN1CCc2nn(-c3ccncc3)c(N)c2C1.Cl. The number of rotatable bonds is 5. The van der Waals surface area contributed by atoms with Crippen LogP contribution < -0.4 is 5.73 Å². The Morgan fingerprint density at radius 1 is 1.32 bits per heavy atom. The van der Waals surface area contributed by atoms with Gasteiger partial charge >= 0.3 is 0 Å². The Bertz CT molecular complexity index is 601. The molecule has 0 saturated heterocycles. The maximum atomic E-state index is 6.30. The zero-order valence-corrected chi connectivity index (χ0v) is 13.6. The molecule has 0 unspecified atom stereocenters. The number of hydrogen-bond donors (Lipinski definition) is 1. The van der Waals surface area contributed by atoms with Gasteiger partial charge in [-0.15, -0.1) is 12.4 Å².